The van der Waals surface area contributed by atoms with Crippen LogP contribution in [0.1, 0.15) is 46.6 Å². The highest BCUT2D eigenvalue weighted by Crippen LogP contribution is 2.28. The van der Waals surface area contributed by atoms with E-state index < -0.39 is 15.9 Å². The first-order valence-corrected chi connectivity index (χ1v) is 11.5. The summed E-state index contributed by atoms with van der Waals surface area (Å²) in [6.07, 6.45) is 3.78. The zero-order chi connectivity index (χ0) is 20.3. The van der Waals surface area contributed by atoms with Gasteiger partial charge in [-0.2, -0.15) is 4.31 Å². The van der Waals surface area contributed by atoms with Gasteiger partial charge in [0.15, 0.2) is 5.13 Å². The number of ether oxygens (including phenoxy) is 1. The average molecular weight is 424 g/mol. The Morgan fingerprint density at radius 2 is 1.86 bits per heavy atom. The summed E-state index contributed by atoms with van der Waals surface area (Å²) in [5, 5.41) is 3.22. The maximum absolute atomic E-state index is 13.1. The molecule has 0 bridgehead atoms. The predicted octanol–water partition coefficient (Wildman–Crippen LogP) is 3.59. The zero-order valence-corrected chi connectivity index (χ0v) is 18.0. The van der Waals surface area contributed by atoms with Gasteiger partial charge in [-0.25, -0.2) is 13.4 Å². The van der Waals surface area contributed by atoms with Gasteiger partial charge in [0, 0.05) is 18.0 Å². The zero-order valence-electron chi connectivity index (χ0n) is 16.3. The monoisotopic (exact) mass is 423 g/mol. The number of nitrogens with zero attached hydrogens (tertiary/aromatic N) is 2. The van der Waals surface area contributed by atoms with Crippen molar-refractivity contribution in [2.75, 3.05) is 25.5 Å². The Kier molecular flexibility index (Phi) is 6.36. The summed E-state index contributed by atoms with van der Waals surface area (Å²) in [6.45, 7) is 4.81. The second-order valence-electron chi connectivity index (χ2n) is 6.80. The molecule has 1 N–H and O–H groups in total. The van der Waals surface area contributed by atoms with Gasteiger partial charge in [0.05, 0.1) is 23.3 Å². The number of rotatable bonds is 5. The summed E-state index contributed by atoms with van der Waals surface area (Å²) in [5.74, 6) is -0.129. The molecule has 0 aliphatic carbocycles. The minimum Gasteiger partial charge on any atom is -0.496 e. The summed E-state index contributed by atoms with van der Waals surface area (Å²) in [5.41, 5.74) is 1.02. The molecule has 7 nitrogen and oxygen atoms in total. The van der Waals surface area contributed by atoms with Crippen molar-refractivity contribution in [1.29, 1.82) is 0 Å². The highest BCUT2D eigenvalue weighted by molar-refractivity contribution is 7.89. The fourth-order valence-corrected chi connectivity index (χ4v) is 5.50. The van der Waals surface area contributed by atoms with Crippen molar-refractivity contribution in [2.24, 2.45) is 0 Å². The molecule has 0 radical (unpaired) electrons. The maximum Gasteiger partial charge on any atom is 0.261 e. The van der Waals surface area contributed by atoms with Gasteiger partial charge in [-0.15, -0.1) is 11.3 Å². The molecule has 2 heterocycles. The molecular formula is C19H25N3O4S2. The Morgan fingerprint density at radius 3 is 2.43 bits per heavy atom. The first-order chi connectivity index (χ1) is 13.3. The first kappa shape index (κ1) is 20.8. The van der Waals surface area contributed by atoms with Crippen LogP contribution in [-0.4, -0.2) is 43.8 Å². The van der Waals surface area contributed by atoms with Crippen molar-refractivity contribution in [2.45, 2.75) is 44.4 Å². The van der Waals surface area contributed by atoms with E-state index in [0.29, 0.717) is 24.0 Å². The van der Waals surface area contributed by atoms with Crippen molar-refractivity contribution in [3.05, 3.63) is 34.3 Å². The molecule has 3 rings (SSSR count). The van der Waals surface area contributed by atoms with Crippen LogP contribution in [0.15, 0.2) is 23.1 Å². The van der Waals surface area contributed by atoms with Gasteiger partial charge >= 0.3 is 0 Å². The molecule has 9 heteroatoms. The number of sulfonamides is 1. The number of amides is 1. The van der Waals surface area contributed by atoms with E-state index in [4.69, 9.17) is 4.74 Å². The molecule has 1 aliphatic heterocycles. The lowest BCUT2D eigenvalue weighted by atomic mass is 10.2. The number of anilines is 1. The van der Waals surface area contributed by atoms with E-state index in [1.165, 1.54) is 41.0 Å². The standard InChI is InChI=1S/C19H25N3O4S2/c1-13-14(2)27-19(20-13)21-18(23)16-12-15(8-9-17(16)26-3)28(24,25)22-10-6-4-5-7-11-22/h8-9,12H,4-7,10-11H2,1-3H3,(H,20,21,23). The van der Waals surface area contributed by atoms with Crippen LogP contribution in [0, 0.1) is 13.8 Å². The number of aromatic nitrogens is 1. The van der Waals surface area contributed by atoms with E-state index >= 15 is 0 Å². The molecule has 1 fully saturated rings. The third-order valence-corrected chi connectivity index (χ3v) is 7.75. The SMILES string of the molecule is COc1ccc(S(=O)(=O)N2CCCCCC2)cc1C(=O)Nc1nc(C)c(C)s1. The largest absolute Gasteiger partial charge is 0.496 e. The van der Waals surface area contributed by atoms with Crippen molar-refractivity contribution in [3.63, 3.8) is 0 Å². The summed E-state index contributed by atoms with van der Waals surface area (Å²) >= 11 is 1.38. The molecule has 1 aromatic heterocycles. The Balaban J connectivity index is 1.91. The molecule has 0 saturated carbocycles. The number of benzene rings is 1. The minimum atomic E-state index is -3.66. The normalized spacial score (nSPS) is 15.8. The van der Waals surface area contributed by atoms with Gasteiger partial charge in [0.1, 0.15) is 5.75 Å². The Hall–Kier alpha value is -1.97. The minimum absolute atomic E-state index is 0.104. The number of hydrogen-bond donors (Lipinski definition) is 1. The molecule has 152 valence electrons. The quantitative estimate of drug-likeness (QED) is 0.794. The van der Waals surface area contributed by atoms with Crippen molar-refractivity contribution >= 4 is 32.4 Å². The molecule has 2 aromatic rings. The van der Waals surface area contributed by atoms with Crippen LogP contribution < -0.4 is 10.1 Å². The Bertz CT molecular complexity index is 942. The van der Waals surface area contributed by atoms with Crippen LogP contribution in [-0.2, 0) is 10.0 Å². The fraction of sp³-hybridized carbons (Fsp3) is 0.474. The van der Waals surface area contributed by atoms with E-state index in [1.807, 2.05) is 13.8 Å². The van der Waals surface area contributed by atoms with Gasteiger partial charge in [-0.05, 0) is 44.9 Å². The number of nitrogens with one attached hydrogen (secondary N) is 1. The molecule has 0 unspecified atom stereocenters. The van der Waals surface area contributed by atoms with E-state index in [9.17, 15) is 13.2 Å². The average Bonchev–Trinajstić information content (AvgIpc) is 2.87. The predicted molar refractivity (Wildman–Crippen MR) is 110 cm³/mol. The summed E-state index contributed by atoms with van der Waals surface area (Å²) in [6, 6.07) is 4.41. The number of aryl methyl sites for hydroxylation is 2. The molecule has 28 heavy (non-hydrogen) atoms. The fourth-order valence-electron chi connectivity index (χ4n) is 3.15. The second-order valence-corrected chi connectivity index (χ2v) is 9.94. The topological polar surface area (TPSA) is 88.6 Å². The lowest BCUT2D eigenvalue weighted by Crippen LogP contribution is -2.32. The molecule has 1 saturated heterocycles. The second kappa shape index (κ2) is 8.59. The summed E-state index contributed by atoms with van der Waals surface area (Å²) in [7, 11) is -2.21. The molecule has 0 atom stereocenters. The number of thiazole rings is 1. The lowest BCUT2D eigenvalue weighted by Gasteiger charge is -2.20. The van der Waals surface area contributed by atoms with Crippen LogP contribution in [0.25, 0.3) is 0 Å². The molecule has 1 amide bonds. The van der Waals surface area contributed by atoms with Crippen LogP contribution in [0.2, 0.25) is 0 Å². The van der Waals surface area contributed by atoms with Gasteiger partial charge in [0.2, 0.25) is 10.0 Å². The van der Waals surface area contributed by atoms with E-state index in [-0.39, 0.29) is 10.5 Å². The van der Waals surface area contributed by atoms with Crippen LogP contribution in [0.4, 0.5) is 5.13 Å². The van der Waals surface area contributed by atoms with Crippen molar-refractivity contribution in [3.8, 4) is 5.75 Å². The number of hydrogen-bond acceptors (Lipinski definition) is 6. The molecule has 0 spiro atoms. The van der Waals surface area contributed by atoms with Crippen LogP contribution in [0.3, 0.4) is 0 Å². The third kappa shape index (κ3) is 4.37. The number of carbonyl (C=O) groups is 1. The molecule has 1 aromatic carbocycles. The van der Waals surface area contributed by atoms with Crippen LogP contribution in [0.5, 0.6) is 5.75 Å². The van der Waals surface area contributed by atoms with Crippen molar-refractivity contribution in [1.82, 2.24) is 9.29 Å². The van der Waals surface area contributed by atoms with Crippen LogP contribution >= 0.6 is 11.3 Å². The Morgan fingerprint density at radius 1 is 1.18 bits per heavy atom. The van der Waals surface area contributed by atoms with Gasteiger partial charge in [0.25, 0.3) is 5.91 Å². The lowest BCUT2D eigenvalue weighted by molar-refractivity contribution is 0.102. The maximum atomic E-state index is 13.1. The first-order valence-electron chi connectivity index (χ1n) is 9.26. The van der Waals surface area contributed by atoms with E-state index in [2.05, 4.69) is 10.3 Å². The highest BCUT2D eigenvalue weighted by Gasteiger charge is 2.27. The highest BCUT2D eigenvalue weighted by atomic mass is 32.2. The van der Waals surface area contributed by atoms with E-state index in [0.717, 1.165) is 36.3 Å². The van der Waals surface area contributed by atoms with Gasteiger partial charge in [-0.1, -0.05) is 12.8 Å². The van der Waals surface area contributed by atoms with Crippen molar-refractivity contribution < 1.29 is 17.9 Å². The summed E-state index contributed by atoms with van der Waals surface area (Å²) in [4.78, 5) is 18.2. The summed E-state index contributed by atoms with van der Waals surface area (Å²) < 4.78 is 32.9. The third-order valence-electron chi connectivity index (χ3n) is 4.87. The Labute approximate surface area is 169 Å². The van der Waals surface area contributed by atoms with E-state index in [1.54, 1.807) is 0 Å². The number of carbonyl (C=O) groups excluding carboxylic acids is 1. The molecule has 1 aliphatic rings. The number of methoxy groups -OCH3 is 1. The van der Waals surface area contributed by atoms with Gasteiger partial charge in [-0.3, -0.25) is 10.1 Å². The smallest absolute Gasteiger partial charge is 0.261 e. The molecular weight excluding hydrogens is 398 g/mol. The van der Waals surface area contributed by atoms with Gasteiger partial charge < -0.3 is 4.74 Å².